The number of likely N-dealkylation sites (tertiary alicyclic amines) is 1. The van der Waals surface area contributed by atoms with Crippen molar-refractivity contribution in [3.63, 3.8) is 0 Å². The first-order chi connectivity index (χ1) is 9.75. The smallest absolute Gasteiger partial charge is 0.310 e. The lowest BCUT2D eigenvalue weighted by Crippen LogP contribution is -2.53. The van der Waals surface area contributed by atoms with Gasteiger partial charge in [-0.05, 0) is 45.6 Å². The van der Waals surface area contributed by atoms with Crippen LogP contribution in [0.2, 0.25) is 0 Å². The Morgan fingerprint density at radius 1 is 1.30 bits per heavy atom. The average Bonchev–Trinajstić information content (AvgIpc) is 3.10. The van der Waals surface area contributed by atoms with Crippen molar-refractivity contribution in [1.29, 1.82) is 0 Å². The molecule has 114 valence electrons. The topological polar surface area (TPSA) is 38.8 Å². The first kappa shape index (κ1) is 14.3. The van der Waals surface area contributed by atoms with E-state index in [0.717, 1.165) is 39.0 Å². The molecule has 0 bridgehead atoms. The van der Waals surface area contributed by atoms with E-state index >= 15 is 0 Å². The molecule has 20 heavy (non-hydrogen) atoms. The average molecular weight is 281 g/mol. The van der Waals surface area contributed by atoms with Gasteiger partial charge in [-0.1, -0.05) is 12.8 Å². The van der Waals surface area contributed by atoms with Gasteiger partial charge in [0.05, 0.1) is 18.1 Å². The van der Waals surface area contributed by atoms with Gasteiger partial charge in [0.15, 0.2) is 0 Å². The fourth-order valence-corrected chi connectivity index (χ4v) is 4.44. The van der Waals surface area contributed by atoms with Crippen molar-refractivity contribution < 1.29 is 14.3 Å². The summed E-state index contributed by atoms with van der Waals surface area (Å²) in [4.78, 5) is 14.5. The van der Waals surface area contributed by atoms with Crippen LogP contribution >= 0.6 is 0 Å². The SMILES string of the molecule is CCOC(=O)C1CCCN(C2CCOC23CCCC3)C1. The molecule has 0 aromatic rings. The van der Waals surface area contributed by atoms with Gasteiger partial charge in [0.25, 0.3) is 0 Å². The molecule has 1 saturated carbocycles. The quantitative estimate of drug-likeness (QED) is 0.744. The van der Waals surface area contributed by atoms with Crippen molar-refractivity contribution in [2.24, 2.45) is 5.92 Å². The number of ether oxygens (including phenoxy) is 2. The van der Waals surface area contributed by atoms with Gasteiger partial charge in [0.1, 0.15) is 0 Å². The maximum Gasteiger partial charge on any atom is 0.310 e. The van der Waals surface area contributed by atoms with Gasteiger partial charge in [-0.25, -0.2) is 0 Å². The Labute approximate surface area is 121 Å². The Morgan fingerprint density at radius 3 is 2.85 bits per heavy atom. The molecule has 3 rings (SSSR count). The summed E-state index contributed by atoms with van der Waals surface area (Å²) in [6, 6.07) is 0.530. The van der Waals surface area contributed by atoms with Crippen molar-refractivity contribution in [3.8, 4) is 0 Å². The van der Waals surface area contributed by atoms with E-state index in [0.29, 0.717) is 12.6 Å². The molecule has 3 fully saturated rings. The molecule has 0 amide bonds. The van der Waals surface area contributed by atoms with Crippen molar-refractivity contribution in [1.82, 2.24) is 4.90 Å². The highest BCUT2D eigenvalue weighted by Crippen LogP contribution is 2.44. The maximum absolute atomic E-state index is 12.0. The van der Waals surface area contributed by atoms with Gasteiger partial charge >= 0.3 is 5.97 Å². The Kier molecular flexibility index (Phi) is 4.32. The molecule has 0 aromatic carbocycles. The molecule has 4 heteroatoms. The highest BCUT2D eigenvalue weighted by Gasteiger charge is 2.49. The zero-order chi connectivity index (χ0) is 14.0. The number of hydrogen-bond acceptors (Lipinski definition) is 4. The van der Waals surface area contributed by atoms with Gasteiger partial charge in [0.2, 0.25) is 0 Å². The molecular weight excluding hydrogens is 254 g/mol. The molecule has 4 nitrogen and oxygen atoms in total. The van der Waals surface area contributed by atoms with Crippen molar-refractivity contribution in [2.75, 3.05) is 26.3 Å². The second-order valence-electron chi connectivity index (χ2n) is 6.51. The van der Waals surface area contributed by atoms with E-state index in [4.69, 9.17) is 9.47 Å². The number of carbonyl (C=O) groups excluding carboxylic acids is 1. The minimum Gasteiger partial charge on any atom is -0.466 e. The number of carbonyl (C=O) groups is 1. The molecule has 0 aromatic heterocycles. The van der Waals surface area contributed by atoms with Gasteiger partial charge in [-0.15, -0.1) is 0 Å². The van der Waals surface area contributed by atoms with Gasteiger partial charge in [0, 0.05) is 19.2 Å². The van der Waals surface area contributed by atoms with Crippen molar-refractivity contribution in [2.45, 2.75) is 63.5 Å². The summed E-state index contributed by atoms with van der Waals surface area (Å²) in [5.41, 5.74) is 0.108. The molecule has 3 aliphatic rings. The zero-order valence-electron chi connectivity index (χ0n) is 12.6. The largest absolute Gasteiger partial charge is 0.466 e. The normalized spacial score (nSPS) is 33.6. The lowest BCUT2D eigenvalue weighted by molar-refractivity contribution is -0.151. The predicted octanol–water partition coefficient (Wildman–Crippen LogP) is 2.36. The lowest BCUT2D eigenvalue weighted by Gasteiger charge is -2.42. The highest BCUT2D eigenvalue weighted by atomic mass is 16.5. The van der Waals surface area contributed by atoms with Crippen LogP contribution in [0.1, 0.15) is 51.9 Å². The van der Waals surface area contributed by atoms with Crippen LogP contribution in [0.4, 0.5) is 0 Å². The van der Waals surface area contributed by atoms with Crippen molar-refractivity contribution in [3.05, 3.63) is 0 Å². The molecule has 2 atom stereocenters. The summed E-state index contributed by atoms with van der Waals surface area (Å²) in [5.74, 6) is 0.0688. The van der Waals surface area contributed by atoms with Crippen LogP contribution < -0.4 is 0 Å². The number of piperidine rings is 1. The van der Waals surface area contributed by atoms with Gasteiger partial charge in [-0.2, -0.15) is 0 Å². The number of rotatable bonds is 3. The van der Waals surface area contributed by atoms with Crippen LogP contribution in [0.5, 0.6) is 0 Å². The third-order valence-corrected chi connectivity index (χ3v) is 5.35. The maximum atomic E-state index is 12.0. The fourth-order valence-electron chi connectivity index (χ4n) is 4.44. The summed E-state index contributed by atoms with van der Waals surface area (Å²) in [6.45, 7) is 5.26. The second kappa shape index (κ2) is 6.02. The Hall–Kier alpha value is -0.610. The number of nitrogens with zero attached hydrogens (tertiary/aromatic N) is 1. The third-order valence-electron chi connectivity index (χ3n) is 5.35. The first-order valence-electron chi connectivity index (χ1n) is 8.30. The first-order valence-corrected chi connectivity index (χ1v) is 8.30. The monoisotopic (exact) mass is 281 g/mol. The number of hydrogen-bond donors (Lipinski definition) is 0. The van der Waals surface area contributed by atoms with Gasteiger partial charge in [-0.3, -0.25) is 9.69 Å². The molecule has 1 aliphatic carbocycles. The molecule has 0 radical (unpaired) electrons. The Morgan fingerprint density at radius 2 is 2.10 bits per heavy atom. The molecule has 2 unspecified atom stereocenters. The Balaban J connectivity index is 1.66. The molecular formula is C16H27NO3. The van der Waals surface area contributed by atoms with E-state index in [9.17, 15) is 4.79 Å². The molecule has 1 spiro atoms. The fraction of sp³-hybridized carbons (Fsp3) is 0.938. The van der Waals surface area contributed by atoms with E-state index < -0.39 is 0 Å². The third kappa shape index (κ3) is 2.60. The summed E-state index contributed by atoms with van der Waals surface area (Å²) in [6.07, 6.45) is 8.23. The minimum absolute atomic E-state index is 0.00316. The second-order valence-corrected chi connectivity index (χ2v) is 6.51. The van der Waals surface area contributed by atoms with E-state index in [1.807, 2.05) is 6.92 Å². The summed E-state index contributed by atoms with van der Waals surface area (Å²) in [5, 5.41) is 0. The van der Waals surface area contributed by atoms with Crippen LogP contribution in [0.3, 0.4) is 0 Å². The molecule has 2 saturated heterocycles. The van der Waals surface area contributed by atoms with Crippen LogP contribution in [0, 0.1) is 5.92 Å². The number of esters is 1. The van der Waals surface area contributed by atoms with E-state index in [1.165, 1.54) is 25.7 Å². The molecule has 2 heterocycles. The summed E-state index contributed by atoms with van der Waals surface area (Å²) < 4.78 is 11.4. The van der Waals surface area contributed by atoms with Crippen LogP contribution in [0.25, 0.3) is 0 Å². The lowest BCUT2D eigenvalue weighted by atomic mass is 9.88. The standard InChI is InChI=1S/C16H27NO3/c1-2-19-15(18)13-6-5-10-17(12-13)14-7-11-20-16(14)8-3-4-9-16/h13-14H,2-12H2,1H3. The van der Waals surface area contributed by atoms with Gasteiger partial charge < -0.3 is 9.47 Å². The van der Waals surface area contributed by atoms with E-state index in [1.54, 1.807) is 0 Å². The van der Waals surface area contributed by atoms with Crippen LogP contribution in [-0.4, -0.2) is 48.8 Å². The minimum atomic E-state index is -0.00316. The highest BCUT2D eigenvalue weighted by molar-refractivity contribution is 5.72. The summed E-state index contributed by atoms with van der Waals surface area (Å²) >= 11 is 0. The zero-order valence-corrected chi connectivity index (χ0v) is 12.6. The molecule has 2 aliphatic heterocycles. The summed E-state index contributed by atoms with van der Waals surface area (Å²) in [7, 11) is 0. The van der Waals surface area contributed by atoms with E-state index in [2.05, 4.69) is 4.90 Å². The van der Waals surface area contributed by atoms with E-state index in [-0.39, 0.29) is 17.5 Å². The molecule has 0 N–H and O–H groups in total. The van der Waals surface area contributed by atoms with Crippen LogP contribution in [-0.2, 0) is 14.3 Å². The van der Waals surface area contributed by atoms with Crippen molar-refractivity contribution >= 4 is 5.97 Å². The Bertz CT molecular complexity index is 346. The van der Waals surface area contributed by atoms with Crippen LogP contribution in [0.15, 0.2) is 0 Å². The predicted molar refractivity (Wildman–Crippen MR) is 76.5 cm³/mol.